The lowest BCUT2D eigenvalue weighted by Crippen LogP contribution is -2.29. The summed E-state index contributed by atoms with van der Waals surface area (Å²) in [5.74, 6) is 1.80. The standard InChI is InChI=1S/C57H34O2/c1-3-13-37(14-4-1)57(38-15-5-2-6-16-38)50-33-35(40-31-32-53-55-46(40)20-12-21-47(55)44-18-8-10-24-52(44)58-53)25-27-42(50)49-30-29-41-39(19-11-22-48(41)56(49)57)36-26-28-45-43-17-7-9-23-51(43)59-54(45)34-36/h1-34H. The second-order valence-electron chi connectivity index (χ2n) is 15.9. The van der Waals surface area contributed by atoms with Gasteiger partial charge in [-0.25, -0.2) is 0 Å². The molecule has 0 atom stereocenters. The van der Waals surface area contributed by atoms with Crippen LogP contribution in [0.3, 0.4) is 0 Å². The van der Waals surface area contributed by atoms with E-state index in [0.717, 1.165) is 50.0 Å². The van der Waals surface area contributed by atoms with Gasteiger partial charge in [0.1, 0.15) is 22.7 Å². The van der Waals surface area contributed by atoms with Gasteiger partial charge in [-0.1, -0.05) is 170 Å². The van der Waals surface area contributed by atoms with Crippen molar-refractivity contribution in [1.29, 1.82) is 0 Å². The Hall–Kier alpha value is -7.68. The first-order chi connectivity index (χ1) is 29.3. The van der Waals surface area contributed by atoms with Crippen LogP contribution in [0.5, 0.6) is 11.5 Å². The fraction of sp³-hybridized carbons (Fsp3) is 0.0175. The summed E-state index contributed by atoms with van der Waals surface area (Å²) in [5, 5.41) is 7.08. The van der Waals surface area contributed by atoms with Gasteiger partial charge in [0.05, 0.1) is 5.41 Å². The zero-order valence-corrected chi connectivity index (χ0v) is 31.9. The lowest BCUT2D eigenvalue weighted by atomic mass is 9.66. The molecule has 59 heavy (non-hydrogen) atoms. The smallest absolute Gasteiger partial charge is 0.136 e. The van der Waals surface area contributed by atoms with Gasteiger partial charge in [0, 0.05) is 21.7 Å². The van der Waals surface area contributed by atoms with Gasteiger partial charge in [-0.3, -0.25) is 0 Å². The van der Waals surface area contributed by atoms with E-state index < -0.39 is 5.41 Å². The third kappa shape index (κ3) is 4.46. The topological polar surface area (TPSA) is 22.4 Å². The summed E-state index contributed by atoms with van der Waals surface area (Å²) in [6.45, 7) is 0. The van der Waals surface area contributed by atoms with Crippen molar-refractivity contribution in [2.75, 3.05) is 0 Å². The van der Waals surface area contributed by atoms with Crippen molar-refractivity contribution in [2.45, 2.75) is 5.41 Å². The number of ether oxygens (including phenoxy) is 1. The van der Waals surface area contributed by atoms with Crippen molar-refractivity contribution >= 4 is 43.5 Å². The molecule has 11 aromatic rings. The van der Waals surface area contributed by atoms with Crippen molar-refractivity contribution in [3.63, 3.8) is 0 Å². The van der Waals surface area contributed by atoms with Crippen LogP contribution in [0.15, 0.2) is 211 Å². The molecule has 1 aliphatic heterocycles. The first kappa shape index (κ1) is 32.4. The van der Waals surface area contributed by atoms with Gasteiger partial charge in [-0.15, -0.1) is 0 Å². The molecule has 0 saturated heterocycles. The van der Waals surface area contributed by atoms with Crippen LogP contribution in [0.1, 0.15) is 22.3 Å². The predicted molar refractivity (Wildman–Crippen MR) is 242 cm³/mol. The highest BCUT2D eigenvalue weighted by molar-refractivity contribution is 6.12. The lowest BCUT2D eigenvalue weighted by molar-refractivity contribution is 0.487. The summed E-state index contributed by atoms with van der Waals surface area (Å²) in [6.07, 6.45) is 0. The Morgan fingerprint density at radius 3 is 1.76 bits per heavy atom. The summed E-state index contributed by atoms with van der Waals surface area (Å²) >= 11 is 0. The zero-order chi connectivity index (χ0) is 38.7. The molecule has 1 aliphatic carbocycles. The first-order valence-electron chi connectivity index (χ1n) is 20.3. The van der Waals surface area contributed by atoms with Gasteiger partial charge in [0.2, 0.25) is 0 Å². The van der Waals surface area contributed by atoms with Crippen molar-refractivity contribution in [3.05, 3.63) is 229 Å². The number of furan rings is 1. The van der Waals surface area contributed by atoms with Gasteiger partial charge < -0.3 is 9.15 Å². The molecule has 274 valence electrons. The van der Waals surface area contributed by atoms with E-state index in [9.17, 15) is 0 Å². The monoisotopic (exact) mass is 750 g/mol. The van der Waals surface area contributed by atoms with Crippen LogP contribution in [-0.4, -0.2) is 0 Å². The molecule has 0 saturated carbocycles. The van der Waals surface area contributed by atoms with Gasteiger partial charge in [-0.2, -0.15) is 0 Å². The fourth-order valence-corrected chi connectivity index (χ4v) is 10.5. The Morgan fingerprint density at radius 1 is 0.322 bits per heavy atom. The van der Waals surface area contributed by atoms with Crippen LogP contribution in [-0.2, 0) is 5.41 Å². The molecule has 0 radical (unpaired) electrons. The largest absolute Gasteiger partial charge is 0.456 e. The molecule has 10 aromatic carbocycles. The highest BCUT2D eigenvalue weighted by Crippen LogP contribution is 2.59. The lowest BCUT2D eigenvalue weighted by Gasteiger charge is -2.35. The Bertz CT molecular complexity index is 3480. The van der Waals surface area contributed by atoms with Gasteiger partial charge >= 0.3 is 0 Å². The first-order valence-corrected chi connectivity index (χ1v) is 20.3. The molecular weight excluding hydrogens is 717 g/mol. The normalized spacial score (nSPS) is 13.4. The van der Waals surface area contributed by atoms with E-state index in [2.05, 4.69) is 188 Å². The number of fused-ring (bicyclic) bond motifs is 10. The van der Waals surface area contributed by atoms with Crippen molar-refractivity contribution in [3.8, 4) is 56.0 Å². The number of para-hydroxylation sites is 2. The maximum atomic E-state index is 6.52. The van der Waals surface area contributed by atoms with E-state index >= 15 is 0 Å². The minimum atomic E-state index is -0.599. The van der Waals surface area contributed by atoms with Gasteiger partial charge in [0.15, 0.2) is 0 Å². The Morgan fingerprint density at radius 2 is 0.915 bits per heavy atom. The number of hydrogen-bond donors (Lipinski definition) is 0. The van der Waals surface area contributed by atoms with Gasteiger partial charge in [-0.05, 0) is 114 Å². The maximum Gasteiger partial charge on any atom is 0.136 e. The van der Waals surface area contributed by atoms with Crippen molar-refractivity contribution in [2.24, 2.45) is 0 Å². The predicted octanol–water partition coefficient (Wildman–Crippen LogP) is 15.4. The molecule has 2 heterocycles. The minimum absolute atomic E-state index is 0.599. The SMILES string of the molecule is c1ccc(C2(c3ccccc3)c3cc(-c4ccc5c6c(cccc46)-c4ccccc4O5)ccc3-c3ccc4c(-c5ccc6c(c5)oc5ccccc56)cccc4c32)cc1. The maximum absolute atomic E-state index is 6.52. The fourth-order valence-electron chi connectivity index (χ4n) is 10.5. The van der Waals surface area contributed by atoms with E-state index in [1.165, 1.54) is 71.8 Å². The molecule has 2 heteroatoms. The molecule has 2 nitrogen and oxygen atoms in total. The third-order valence-corrected chi connectivity index (χ3v) is 13.0. The molecule has 0 N–H and O–H groups in total. The van der Waals surface area contributed by atoms with E-state index in [4.69, 9.17) is 9.15 Å². The quantitative estimate of drug-likeness (QED) is 0.179. The van der Waals surface area contributed by atoms with E-state index in [0.29, 0.717) is 0 Å². The average molecular weight is 751 g/mol. The number of rotatable bonds is 4. The molecule has 0 fully saturated rings. The van der Waals surface area contributed by atoms with E-state index in [1.54, 1.807) is 0 Å². The Balaban J connectivity index is 1.08. The minimum Gasteiger partial charge on any atom is -0.456 e. The molecule has 0 unspecified atom stereocenters. The molecule has 0 bridgehead atoms. The second-order valence-corrected chi connectivity index (χ2v) is 15.9. The van der Waals surface area contributed by atoms with Crippen molar-refractivity contribution < 1.29 is 9.15 Å². The van der Waals surface area contributed by atoms with Gasteiger partial charge in [0.25, 0.3) is 0 Å². The Kier molecular flexibility index (Phi) is 6.68. The van der Waals surface area contributed by atoms with E-state index in [1.807, 2.05) is 18.2 Å². The van der Waals surface area contributed by atoms with Crippen LogP contribution >= 0.6 is 0 Å². The zero-order valence-electron chi connectivity index (χ0n) is 31.9. The summed E-state index contributed by atoms with van der Waals surface area (Å²) < 4.78 is 12.9. The highest BCUT2D eigenvalue weighted by atomic mass is 16.5. The molecular formula is C57H34O2. The summed E-state index contributed by atoms with van der Waals surface area (Å²) in [4.78, 5) is 0. The van der Waals surface area contributed by atoms with Crippen LogP contribution in [0.2, 0.25) is 0 Å². The third-order valence-electron chi connectivity index (χ3n) is 13.0. The summed E-state index contributed by atoms with van der Waals surface area (Å²) in [6, 6.07) is 75.3. The van der Waals surface area contributed by atoms with E-state index in [-0.39, 0.29) is 0 Å². The Labute approximate surface area is 341 Å². The molecule has 0 amide bonds. The van der Waals surface area contributed by atoms with Crippen LogP contribution in [0.4, 0.5) is 0 Å². The highest BCUT2D eigenvalue weighted by Gasteiger charge is 2.47. The number of hydrogen-bond acceptors (Lipinski definition) is 2. The average Bonchev–Trinajstić information content (AvgIpc) is 3.83. The van der Waals surface area contributed by atoms with Crippen molar-refractivity contribution in [1.82, 2.24) is 0 Å². The molecule has 2 aliphatic rings. The van der Waals surface area contributed by atoms with Crippen LogP contribution < -0.4 is 4.74 Å². The molecule has 1 aromatic heterocycles. The summed E-state index contributed by atoms with van der Waals surface area (Å²) in [7, 11) is 0. The van der Waals surface area contributed by atoms with Crippen LogP contribution in [0, 0.1) is 0 Å². The number of benzene rings is 10. The molecule has 13 rings (SSSR count). The molecule has 0 spiro atoms. The second kappa shape index (κ2) is 12.2. The van der Waals surface area contributed by atoms with Crippen LogP contribution in [0.25, 0.3) is 88.0 Å². The summed E-state index contributed by atoms with van der Waals surface area (Å²) in [5.41, 5.74) is 15.8.